The second kappa shape index (κ2) is 4.26. The van der Waals surface area contributed by atoms with Gasteiger partial charge in [0.05, 0.1) is 0 Å². The zero-order valence-corrected chi connectivity index (χ0v) is 9.50. The quantitative estimate of drug-likeness (QED) is 0.624. The summed E-state index contributed by atoms with van der Waals surface area (Å²) in [5.41, 5.74) is 7.01. The van der Waals surface area contributed by atoms with Crippen LogP contribution in [0.15, 0.2) is 12.7 Å². The summed E-state index contributed by atoms with van der Waals surface area (Å²) >= 11 is 0.0230. The van der Waals surface area contributed by atoms with E-state index in [4.69, 9.17) is 11.0 Å². The molecule has 76 valence electrons. The second-order valence-corrected chi connectivity index (χ2v) is 4.65. The molecule has 2 aromatic heterocycles. The number of fused-ring (bicyclic) bond motifs is 1. The normalized spacial score (nSPS) is 10.3. The molecule has 0 aliphatic heterocycles. The maximum absolute atomic E-state index is 8.46. The molecule has 0 aliphatic rings. The van der Waals surface area contributed by atoms with E-state index in [9.17, 15) is 0 Å². The molecule has 0 aromatic carbocycles. The van der Waals surface area contributed by atoms with Crippen LogP contribution in [0.25, 0.3) is 11.2 Å². The molecule has 0 fully saturated rings. The van der Waals surface area contributed by atoms with Gasteiger partial charge < -0.3 is 0 Å². The van der Waals surface area contributed by atoms with Gasteiger partial charge in [-0.25, -0.2) is 0 Å². The van der Waals surface area contributed by atoms with E-state index in [0.29, 0.717) is 11.3 Å². The van der Waals surface area contributed by atoms with E-state index < -0.39 is 0 Å². The van der Waals surface area contributed by atoms with Crippen LogP contribution in [0.3, 0.4) is 0 Å². The average molecular weight is 267 g/mol. The van der Waals surface area contributed by atoms with E-state index in [2.05, 4.69) is 19.9 Å². The van der Waals surface area contributed by atoms with Gasteiger partial charge in [-0.3, -0.25) is 0 Å². The van der Waals surface area contributed by atoms with Gasteiger partial charge >= 0.3 is 91.9 Å². The number of hydrogen-bond acceptors (Lipinski definition) is 5. The molecular formula is C8H8N6Se. The van der Waals surface area contributed by atoms with E-state index in [1.165, 1.54) is 6.33 Å². The Bertz CT molecular complexity index is 513. The van der Waals surface area contributed by atoms with Crippen molar-refractivity contribution in [2.75, 3.05) is 5.73 Å². The molecule has 0 spiro atoms. The van der Waals surface area contributed by atoms with Crippen LogP contribution in [0.2, 0.25) is 5.32 Å². The summed E-state index contributed by atoms with van der Waals surface area (Å²) in [5.74, 6) is 0.393. The van der Waals surface area contributed by atoms with Crippen LogP contribution in [-0.4, -0.2) is 34.5 Å². The van der Waals surface area contributed by atoms with Gasteiger partial charge in [0.25, 0.3) is 0 Å². The van der Waals surface area contributed by atoms with E-state index in [1.807, 2.05) is 4.57 Å². The first-order chi connectivity index (χ1) is 7.33. The number of aromatic nitrogens is 4. The Hall–Kier alpha value is -1.64. The molecule has 15 heavy (non-hydrogen) atoms. The first-order valence-corrected chi connectivity index (χ1v) is 6.32. The molecule has 0 radical (unpaired) electrons. The summed E-state index contributed by atoms with van der Waals surface area (Å²) in [5, 5.41) is 9.31. The van der Waals surface area contributed by atoms with Crippen molar-refractivity contribution in [3.8, 4) is 4.97 Å². The van der Waals surface area contributed by atoms with E-state index in [0.717, 1.165) is 17.5 Å². The summed E-state index contributed by atoms with van der Waals surface area (Å²) in [6.45, 7) is 0.751. The number of imidazole rings is 1. The number of nitrogens with two attached hydrogens (primary N) is 1. The van der Waals surface area contributed by atoms with E-state index in [1.54, 1.807) is 6.33 Å². The fourth-order valence-corrected chi connectivity index (χ4v) is 2.05. The van der Waals surface area contributed by atoms with Crippen molar-refractivity contribution in [3.63, 3.8) is 0 Å². The van der Waals surface area contributed by atoms with Gasteiger partial charge in [0.1, 0.15) is 0 Å². The third kappa shape index (κ3) is 1.91. The number of nitrogen functional groups attached to an aromatic ring is 1. The van der Waals surface area contributed by atoms with Gasteiger partial charge in [-0.2, -0.15) is 0 Å². The third-order valence-electron chi connectivity index (χ3n) is 1.93. The van der Waals surface area contributed by atoms with Crippen molar-refractivity contribution in [3.05, 3.63) is 12.7 Å². The predicted octanol–water partition coefficient (Wildman–Crippen LogP) is 0.0121. The third-order valence-corrected chi connectivity index (χ3v) is 3.01. The second-order valence-electron chi connectivity index (χ2n) is 2.81. The van der Waals surface area contributed by atoms with Crippen molar-refractivity contribution in [2.45, 2.75) is 11.9 Å². The van der Waals surface area contributed by atoms with Crippen molar-refractivity contribution >= 4 is 31.9 Å². The van der Waals surface area contributed by atoms with Crippen LogP contribution in [0.1, 0.15) is 0 Å². The van der Waals surface area contributed by atoms with E-state index in [-0.39, 0.29) is 15.0 Å². The molecule has 0 unspecified atom stereocenters. The average Bonchev–Trinajstić information content (AvgIpc) is 2.64. The summed E-state index contributed by atoms with van der Waals surface area (Å²) in [4.78, 5) is 14.3. The summed E-state index contributed by atoms with van der Waals surface area (Å²) in [6.07, 6.45) is 3.11. The molecular weight excluding hydrogens is 259 g/mol. The molecule has 7 heteroatoms. The van der Waals surface area contributed by atoms with Gasteiger partial charge in [-0.1, -0.05) is 0 Å². The van der Waals surface area contributed by atoms with Crippen molar-refractivity contribution in [1.82, 2.24) is 19.5 Å². The Balaban J connectivity index is 2.30. The number of anilines is 1. The van der Waals surface area contributed by atoms with Crippen LogP contribution < -0.4 is 5.73 Å². The molecule has 0 aliphatic carbocycles. The SMILES string of the molecule is N#C[Se]CCn1cnc2c(N)ncnc21. The molecule has 0 saturated heterocycles. The van der Waals surface area contributed by atoms with Gasteiger partial charge in [0.15, 0.2) is 0 Å². The molecule has 0 atom stereocenters. The Kier molecular flexibility index (Phi) is 2.81. The minimum atomic E-state index is 0.0230. The standard InChI is InChI=1S/C8H8N6Se/c9-3-15-2-1-14-5-13-6-7(10)11-4-12-8(6)14/h4-5H,1-2H2,(H2,10,11,12). The number of nitriles is 1. The zero-order valence-electron chi connectivity index (χ0n) is 7.79. The summed E-state index contributed by atoms with van der Waals surface area (Å²) in [6, 6.07) is 0. The first kappa shape index (κ1) is 9.90. The number of nitrogens with zero attached hydrogens (tertiary/aromatic N) is 5. The van der Waals surface area contributed by atoms with Crippen molar-refractivity contribution in [1.29, 1.82) is 5.26 Å². The molecule has 2 heterocycles. The van der Waals surface area contributed by atoms with Crippen LogP contribution in [0, 0.1) is 10.2 Å². The van der Waals surface area contributed by atoms with Crippen molar-refractivity contribution in [2.24, 2.45) is 0 Å². The molecule has 2 aromatic rings. The van der Waals surface area contributed by atoms with Crippen LogP contribution in [-0.2, 0) is 6.54 Å². The molecule has 0 saturated carbocycles. The Morgan fingerprint density at radius 2 is 2.33 bits per heavy atom. The molecule has 2 N–H and O–H groups in total. The maximum atomic E-state index is 8.46. The van der Waals surface area contributed by atoms with Gasteiger partial charge in [-0.05, 0) is 0 Å². The van der Waals surface area contributed by atoms with E-state index >= 15 is 0 Å². The first-order valence-electron chi connectivity index (χ1n) is 4.25. The molecule has 6 nitrogen and oxygen atoms in total. The van der Waals surface area contributed by atoms with Gasteiger partial charge in [0, 0.05) is 0 Å². The zero-order chi connectivity index (χ0) is 10.7. The minimum absolute atomic E-state index is 0.0230. The Labute approximate surface area is 92.3 Å². The van der Waals surface area contributed by atoms with Crippen LogP contribution >= 0.6 is 0 Å². The summed E-state index contributed by atoms with van der Waals surface area (Å²) in [7, 11) is 0. The monoisotopic (exact) mass is 268 g/mol. The molecule has 0 bridgehead atoms. The van der Waals surface area contributed by atoms with Crippen LogP contribution in [0.5, 0.6) is 0 Å². The fourth-order valence-electron chi connectivity index (χ4n) is 1.25. The van der Waals surface area contributed by atoms with Gasteiger partial charge in [-0.15, -0.1) is 0 Å². The number of aryl methyl sites for hydroxylation is 1. The van der Waals surface area contributed by atoms with Crippen molar-refractivity contribution < 1.29 is 0 Å². The fraction of sp³-hybridized carbons (Fsp3) is 0.250. The number of rotatable bonds is 3. The Morgan fingerprint density at radius 3 is 3.13 bits per heavy atom. The predicted molar refractivity (Wildman–Crippen MR) is 55.9 cm³/mol. The number of hydrogen-bond donors (Lipinski definition) is 1. The molecule has 2 rings (SSSR count). The topological polar surface area (TPSA) is 93.4 Å². The summed E-state index contributed by atoms with van der Waals surface area (Å²) < 4.78 is 1.90. The molecule has 0 amide bonds. The van der Waals surface area contributed by atoms with Gasteiger partial charge in [0.2, 0.25) is 0 Å². The Morgan fingerprint density at radius 1 is 1.47 bits per heavy atom. The van der Waals surface area contributed by atoms with Crippen LogP contribution in [0.4, 0.5) is 5.82 Å².